The molecule has 0 aliphatic rings. The normalized spacial score (nSPS) is 10.1. The Morgan fingerprint density at radius 2 is 1.26 bits per heavy atom. The average Bonchev–Trinajstić information content (AvgIpc) is 2.71. The maximum absolute atomic E-state index is 6.08. The van der Waals surface area contributed by atoms with Gasteiger partial charge in [-0.25, -0.2) is 0 Å². The molecular weight excluding hydrogens is 337 g/mol. The fourth-order valence-corrected chi connectivity index (χ4v) is 2.51. The van der Waals surface area contributed by atoms with Gasteiger partial charge in [-0.15, -0.1) is 0 Å². The highest BCUT2D eigenvalue weighted by Crippen LogP contribution is 2.26. The number of hydrogen-bond acceptors (Lipinski definition) is 4. The molecule has 0 spiro atoms. The van der Waals surface area contributed by atoms with E-state index in [-0.39, 0.29) is 0 Å². The molecule has 0 radical (unpaired) electrons. The molecule has 3 rings (SSSR count). The van der Waals surface area contributed by atoms with Gasteiger partial charge in [0.2, 0.25) is 0 Å². The highest BCUT2D eigenvalue weighted by atomic mass is 16.7. The smallest absolute Gasteiger partial charge is 0.490 e. The van der Waals surface area contributed by atoms with E-state index in [0.717, 1.165) is 25.1 Å². The molecule has 0 saturated carbocycles. The van der Waals surface area contributed by atoms with E-state index in [0.29, 0.717) is 17.2 Å². The van der Waals surface area contributed by atoms with Gasteiger partial charge in [0.25, 0.3) is 0 Å². The van der Waals surface area contributed by atoms with Crippen LogP contribution in [0.15, 0.2) is 84.9 Å². The lowest BCUT2D eigenvalue weighted by Gasteiger charge is -2.18. The maximum atomic E-state index is 6.08. The van der Waals surface area contributed by atoms with E-state index in [1.165, 1.54) is 0 Å². The Morgan fingerprint density at radius 1 is 0.704 bits per heavy atom. The molecule has 0 amide bonds. The first-order valence-corrected chi connectivity index (χ1v) is 9.28. The van der Waals surface area contributed by atoms with Gasteiger partial charge in [0, 0.05) is 6.54 Å². The van der Waals surface area contributed by atoms with Crippen LogP contribution in [0.5, 0.6) is 17.2 Å². The van der Waals surface area contributed by atoms with Crippen molar-refractivity contribution in [3.8, 4) is 17.2 Å². The van der Waals surface area contributed by atoms with Gasteiger partial charge in [0.1, 0.15) is 17.2 Å². The lowest BCUT2D eigenvalue weighted by atomic mass is 10.1. The second kappa shape index (κ2) is 10.2. The van der Waals surface area contributed by atoms with Crippen molar-refractivity contribution < 1.29 is 14.0 Å². The highest BCUT2D eigenvalue weighted by Gasteiger charge is 2.31. The summed E-state index contributed by atoms with van der Waals surface area (Å²) in [6, 6.07) is 26.8. The molecule has 0 saturated heterocycles. The van der Waals surface area contributed by atoms with Crippen molar-refractivity contribution in [1.29, 1.82) is 0 Å². The lowest BCUT2D eigenvalue weighted by Crippen LogP contribution is -2.37. The van der Waals surface area contributed by atoms with Crippen LogP contribution in [0.3, 0.4) is 0 Å². The van der Waals surface area contributed by atoms with Crippen LogP contribution in [-0.4, -0.2) is 13.9 Å². The van der Waals surface area contributed by atoms with Crippen LogP contribution < -0.4 is 19.3 Å². The first-order valence-electron chi connectivity index (χ1n) is 9.28. The molecule has 1 N–H and O–H groups in total. The standard InChI is InChI=1S/C22H24BNO3/c1-2-3-18-24-21-16-10-11-17-22(21)27-23(25-19-12-6-4-7-13-19)26-20-14-8-5-9-15-20/h4-17,24H,2-3,18H2,1H3. The average molecular weight is 361 g/mol. The molecule has 27 heavy (non-hydrogen) atoms. The summed E-state index contributed by atoms with van der Waals surface area (Å²) in [5.41, 5.74) is 0.921. The van der Waals surface area contributed by atoms with Gasteiger partial charge < -0.3 is 19.3 Å². The van der Waals surface area contributed by atoms with Crippen LogP contribution in [0, 0.1) is 0 Å². The van der Waals surface area contributed by atoms with Gasteiger partial charge in [-0.1, -0.05) is 61.9 Å². The minimum Gasteiger partial charge on any atom is -0.490 e. The summed E-state index contributed by atoms with van der Waals surface area (Å²) in [6.45, 7) is 3.06. The van der Waals surface area contributed by atoms with E-state index >= 15 is 0 Å². The Bertz CT molecular complexity index is 757. The van der Waals surface area contributed by atoms with E-state index < -0.39 is 7.32 Å². The predicted octanol–water partition coefficient (Wildman–Crippen LogP) is 5.42. The number of benzene rings is 3. The number of hydrogen-bond donors (Lipinski definition) is 1. The van der Waals surface area contributed by atoms with Crippen LogP contribution in [0.25, 0.3) is 0 Å². The van der Waals surface area contributed by atoms with Crippen LogP contribution in [0.2, 0.25) is 0 Å². The second-order valence-corrected chi connectivity index (χ2v) is 6.04. The summed E-state index contributed by atoms with van der Waals surface area (Å²) in [7, 11) is -0.913. The van der Waals surface area contributed by atoms with E-state index in [4.69, 9.17) is 14.0 Å². The van der Waals surface area contributed by atoms with Crippen molar-refractivity contribution in [2.45, 2.75) is 19.8 Å². The van der Waals surface area contributed by atoms with Crippen molar-refractivity contribution >= 4 is 13.0 Å². The molecular formula is C22H24BNO3. The Hall–Kier alpha value is -3.08. The van der Waals surface area contributed by atoms with Crippen molar-refractivity contribution in [2.75, 3.05) is 11.9 Å². The monoisotopic (exact) mass is 361 g/mol. The van der Waals surface area contributed by atoms with Crippen LogP contribution in [-0.2, 0) is 0 Å². The molecule has 3 aromatic rings. The number of para-hydroxylation sites is 4. The van der Waals surface area contributed by atoms with Crippen molar-refractivity contribution in [1.82, 2.24) is 0 Å². The zero-order chi connectivity index (χ0) is 18.7. The number of rotatable bonds is 10. The van der Waals surface area contributed by atoms with Crippen molar-refractivity contribution in [3.63, 3.8) is 0 Å². The molecule has 0 aliphatic heterocycles. The van der Waals surface area contributed by atoms with E-state index in [1.54, 1.807) is 0 Å². The fourth-order valence-electron chi connectivity index (χ4n) is 2.51. The molecule has 138 valence electrons. The lowest BCUT2D eigenvalue weighted by molar-refractivity contribution is 0.308. The van der Waals surface area contributed by atoms with Gasteiger partial charge in [0.15, 0.2) is 0 Å². The van der Waals surface area contributed by atoms with E-state index in [1.807, 2.05) is 84.9 Å². The predicted molar refractivity (Wildman–Crippen MR) is 110 cm³/mol. The maximum Gasteiger partial charge on any atom is 0.864 e. The van der Waals surface area contributed by atoms with Crippen LogP contribution >= 0.6 is 0 Å². The molecule has 0 bridgehead atoms. The SMILES string of the molecule is CCCCNc1ccccc1OB(Oc1ccccc1)Oc1ccccc1. The Labute approximate surface area is 161 Å². The van der Waals surface area contributed by atoms with Gasteiger partial charge in [-0.2, -0.15) is 0 Å². The topological polar surface area (TPSA) is 39.7 Å². The van der Waals surface area contributed by atoms with Crippen molar-refractivity contribution in [3.05, 3.63) is 84.9 Å². The molecule has 0 aliphatic carbocycles. The molecule has 5 heteroatoms. The van der Waals surface area contributed by atoms with E-state index in [2.05, 4.69) is 12.2 Å². The summed E-state index contributed by atoms with van der Waals surface area (Å²) in [5, 5.41) is 3.41. The Kier molecular flexibility index (Phi) is 7.04. The summed E-state index contributed by atoms with van der Waals surface area (Å²) < 4.78 is 17.9. The molecule has 0 fully saturated rings. The molecule has 0 unspecified atom stereocenters. The quantitative estimate of drug-likeness (QED) is 0.387. The molecule has 3 aromatic carbocycles. The molecule has 4 nitrogen and oxygen atoms in total. The van der Waals surface area contributed by atoms with Crippen molar-refractivity contribution in [2.24, 2.45) is 0 Å². The van der Waals surface area contributed by atoms with Gasteiger partial charge in [-0.3, -0.25) is 0 Å². The van der Waals surface area contributed by atoms with E-state index in [9.17, 15) is 0 Å². The third-order valence-corrected chi connectivity index (χ3v) is 3.91. The van der Waals surface area contributed by atoms with Crippen LogP contribution in [0.4, 0.5) is 5.69 Å². The fraction of sp³-hybridized carbons (Fsp3) is 0.182. The minimum absolute atomic E-state index is 0.676. The van der Waals surface area contributed by atoms with Gasteiger partial charge in [0.05, 0.1) is 5.69 Å². The number of nitrogens with one attached hydrogen (secondary N) is 1. The zero-order valence-electron chi connectivity index (χ0n) is 15.5. The summed E-state index contributed by atoms with van der Waals surface area (Å²) in [6.07, 6.45) is 2.23. The first-order chi connectivity index (χ1) is 13.3. The minimum atomic E-state index is -0.913. The zero-order valence-corrected chi connectivity index (χ0v) is 15.5. The largest absolute Gasteiger partial charge is 0.864 e. The third kappa shape index (κ3) is 5.99. The Balaban J connectivity index is 1.76. The van der Waals surface area contributed by atoms with Gasteiger partial charge >= 0.3 is 7.32 Å². The van der Waals surface area contributed by atoms with Crippen LogP contribution in [0.1, 0.15) is 19.8 Å². The highest BCUT2D eigenvalue weighted by molar-refractivity contribution is 6.39. The third-order valence-electron chi connectivity index (χ3n) is 3.91. The summed E-state index contributed by atoms with van der Waals surface area (Å²) in [4.78, 5) is 0. The molecule has 0 aromatic heterocycles. The first kappa shape index (κ1) is 18.7. The number of unbranched alkanes of at least 4 members (excludes halogenated alkanes) is 1. The Morgan fingerprint density at radius 3 is 1.85 bits per heavy atom. The summed E-state index contributed by atoms with van der Waals surface area (Å²) in [5.74, 6) is 2.04. The molecule has 0 heterocycles. The second-order valence-electron chi connectivity index (χ2n) is 6.04. The summed E-state index contributed by atoms with van der Waals surface area (Å²) >= 11 is 0. The molecule has 0 atom stereocenters. The number of anilines is 1. The van der Waals surface area contributed by atoms with Gasteiger partial charge in [-0.05, 0) is 42.8 Å².